The van der Waals surface area contributed by atoms with Crippen LogP contribution in [-0.4, -0.2) is 6.92 Å². The van der Waals surface area contributed by atoms with E-state index in [1.54, 1.807) is 6.07 Å². The molecule has 0 aliphatic carbocycles. The molecule has 4 heteroatoms. The zero-order chi connectivity index (χ0) is 12.5. The summed E-state index contributed by atoms with van der Waals surface area (Å²) in [5.74, 6) is 0. The van der Waals surface area contributed by atoms with Gasteiger partial charge in [-0.1, -0.05) is 29.8 Å². The van der Waals surface area contributed by atoms with Crippen molar-refractivity contribution in [3.05, 3.63) is 58.6 Å². The fourth-order valence-corrected chi connectivity index (χ4v) is 2.46. The zero-order valence-corrected chi connectivity index (χ0v) is 10.3. The van der Waals surface area contributed by atoms with Gasteiger partial charge >= 0.3 is 6.92 Å². The van der Waals surface area contributed by atoms with Crippen LogP contribution in [0.1, 0.15) is 11.1 Å². The van der Waals surface area contributed by atoms with Gasteiger partial charge in [0, 0.05) is 5.02 Å². The summed E-state index contributed by atoms with van der Waals surface area (Å²) in [6.07, 6.45) is 0. The number of nitrogens with zero attached hydrogens (tertiary/aromatic N) is 1. The molecule has 0 unspecified atom stereocenters. The first kappa shape index (κ1) is 11.3. The number of hydrogen-bond acceptors (Lipinski definition) is 2. The molecule has 86 valence electrons. The minimum absolute atomic E-state index is 0.0921. The van der Waals surface area contributed by atoms with Gasteiger partial charge in [-0.25, -0.2) is 0 Å². The van der Waals surface area contributed by atoms with Gasteiger partial charge in [-0.15, -0.1) is 0 Å². The predicted molar refractivity (Wildman–Crippen MR) is 72.4 cm³/mol. The molecule has 2 aromatic rings. The van der Waals surface area contributed by atoms with Gasteiger partial charge < -0.3 is 4.65 Å². The van der Waals surface area contributed by atoms with E-state index in [9.17, 15) is 0 Å². The molecular formula is C14H9BClNO. The Bertz CT molecular complexity index is 650. The average Bonchev–Trinajstić information content (AvgIpc) is 2.81. The summed E-state index contributed by atoms with van der Waals surface area (Å²) < 4.78 is 5.80. The lowest BCUT2D eigenvalue weighted by Crippen LogP contribution is -2.41. The molecular weight excluding hydrogens is 244 g/mol. The molecule has 0 N–H and O–H groups in total. The maximum Gasteiger partial charge on any atom is 0.362 e. The Balaban J connectivity index is 2.03. The molecule has 2 aromatic carbocycles. The molecule has 0 spiro atoms. The monoisotopic (exact) mass is 253 g/mol. The highest BCUT2D eigenvalue weighted by Gasteiger charge is 2.29. The number of nitriles is 1. The first-order chi connectivity index (χ1) is 8.78. The normalized spacial score (nSPS) is 13.2. The zero-order valence-electron chi connectivity index (χ0n) is 9.56. The van der Waals surface area contributed by atoms with Crippen molar-refractivity contribution in [1.29, 1.82) is 5.26 Å². The van der Waals surface area contributed by atoms with Crippen molar-refractivity contribution >= 4 is 29.4 Å². The van der Waals surface area contributed by atoms with E-state index in [1.807, 2.05) is 36.4 Å². The van der Waals surface area contributed by atoms with Gasteiger partial charge in [0.2, 0.25) is 0 Å². The van der Waals surface area contributed by atoms with Crippen LogP contribution in [0.5, 0.6) is 0 Å². The standard InChI is InChI=1S/C14H9BClNO/c16-13-4-5-14-11(7-13)9-18-15(14)12-3-1-2-10(6-12)8-17/h1-7H,9H2. The van der Waals surface area contributed by atoms with E-state index >= 15 is 0 Å². The minimum Gasteiger partial charge on any atom is -0.423 e. The Kier molecular flexibility index (Phi) is 2.83. The first-order valence-corrected chi connectivity index (χ1v) is 6.06. The highest BCUT2D eigenvalue weighted by Crippen LogP contribution is 2.16. The third-order valence-electron chi connectivity index (χ3n) is 3.11. The Morgan fingerprint density at radius 2 is 2.11 bits per heavy atom. The molecule has 3 rings (SSSR count). The maximum absolute atomic E-state index is 8.93. The number of benzene rings is 2. The van der Waals surface area contributed by atoms with Crippen LogP contribution in [-0.2, 0) is 11.3 Å². The van der Waals surface area contributed by atoms with Gasteiger partial charge in [0.1, 0.15) is 0 Å². The van der Waals surface area contributed by atoms with Crippen molar-refractivity contribution in [3.63, 3.8) is 0 Å². The summed E-state index contributed by atoms with van der Waals surface area (Å²) in [6, 6.07) is 15.5. The van der Waals surface area contributed by atoms with Crippen LogP contribution in [0.15, 0.2) is 42.5 Å². The minimum atomic E-state index is -0.0921. The van der Waals surface area contributed by atoms with E-state index in [0.717, 1.165) is 21.5 Å². The fraction of sp³-hybridized carbons (Fsp3) is 0.0714. The highest BCUT2D eigenvalue weighted by atomic mass is 35.5. The van der Waals surface area contributed by atoms with Gasteiger partial charge in [-0.2, -0.15) is 5.26 Å². The van der Waals surface area contributed by atoms with Gasteiger partial charge in [0.25, 0.3) is 0 Å². The molecule has 1 aliphatic heterocycles. The van der Waals surface area contributed by atoms with Crippen molar-refractivity contribution in [2.24, 2.45) is 0 Å². The van der Waals surface area contributed by atoms with Crippen LogP contribution in [0.3, 0.4) is 0 Å². The average molecular weight is 253 g/mol. The molecule has 0 aromatic heterocycles. The number of halogens is 1. The molecule has 0 saturated carbocycles. The van der Waals surface area contributed by atoms with Crippen LogP contribution in [0.4, 0.5) is 0 Å². The molecule has 0 fully saturated rings. The number of hydrogen-bond donors (Lipinski definition) is 0. The second kappa shape index (κ2) is 4.49. The second-order valence-corrected chi connectivity index (χ2v) is 4.71. The van der Waals surface area contributed by atoms with Crippen molar-refractivity contribution in [3.8, 4) is 6.07 Å². The lowest BCUT2D eigenvalue weighted by atomic mass is 9.56. The lowest BCUT2D eigenvalue weighted by molar-refractivity contribution is 0.337. The third-order valence-corrected chi connectivity index (χ3v) is 3.35. The predicted octanol–water partition coefficient (Wildman–Crippen LogP) is 1.85. The Morgan fingerprint density at radius 1 is 1.22 bits per heavy atom. The van der Waals surface area contributed by atoms with E-state index < -0.39 is 0 Å². The van der Waals surface area contributed by atoms with Gasteiger partial charge in [-0.05, 0) is 40.8 Å². The lowest BCUT2D eigenvalue weighted by Gasteiger charge is -2.07. The third kappa shape index (κ3) is 1.90. The summed E-state index contributed by atoms with van der Waals surface area (Å²) in [4.78, 5) is 0. The molecule has 1 aliphatic rings. The van der Waals surface area contributed by atoms with Crippen LogP contribution >= 0.6 is 11.6 Å². The van der Waals surface area contributed by atoms with E-state index in [0.29, 0.717) is 12.2 Å². The van der Waals surface area contributed by atoms with Crippen LogP contribution in [0.2, 0.25) is 5.02 Å². The molecule has 18 heavy (non-hydrogen) atoms. The van der Waals surface area contributed by atoms with Crippen LogP contribution in [0.25, 0.3) is 0 Å². The van der Waals surface area contributed by atoms with Crippen molar-refractivity contribution in [2.45, 2.75) is 6.61 Å². The summed E-state index contributed by atoms with van der Waals surface area (Å²) in [6.45, 7) is 0.475. The smallest absolute Gasteiger partial charge is 0.362 e. The van der Waals surface area contributed by atoms with Crippen LogP contribution in [0, 0.1) is 11.3 Å². The summed E-state index contributed by atoms with van der Waals surface area (Å²) in [5.41, 5.74) is 3.91. The second-order valence-electron chi connectivity index (χ2n) is 4.27. The topological polar surface area (TPSA) is 33.0 Å². The van der Waals surface area contributed by atoms with Crippen molar-refractivity contribution in [2.75, 3.05) is 0 Å². The number of fused-ring (bicyclic) bond motifs is 1. The summed E-state index contributed by atoms with van der Waals surface area (Å²) >= 11 is 5.97. The summed E-state index contributed by atoms with van der Waals surface area (Å²) in [7, 11) is 0. The summed E-state index contributed by atoms with van der Waals surface area (Å²) in [5, 5.41) is 9.65. The molecule has 0 bridgehead atoms. The molecule has 0 radical (unpaired) electrons. The Hall–Kier alpha value is -1.76. The van der Waals surface area contributed by atoms with E-state index in [-0.39, 0.29) is 6.92 Å². The van der Waals surface area contributed by atoms with Gasteiger partial charge in [0.05, 0.1) is 18.2 Å². The van der Waals surface area contributed by atoms with E-state index in [1.165, 1.54) is 0 Å². The quantitative estimate of drug-likeness (QED) is 0.727. The van der Waals surface area contributed by atoms with E-state index in [4.69, 9.17) is 21.5 Å². The Morgan fingerprint density at radius 3 is 2.94 bits per heavy atom. The largest absolute Gasteiger partial charge is 0.423 e. The van der Waals surface area contributed by atoms with Crippen molar-refractivity contribution in [1.82, 2.24) is 0 Å². The molecule has 2 nitrogen and oxygen atoms in total. The van der Waals surface area contributed by atoms with Crippen molar-refractivity contribution < 1.29 is 4.65 Å². The highest BCUT2D eigenvalue weighted by molar-refractivity contribution is 6.81. The Labute approximate surface area is 111 Å². The SMILES string of the molecule is N#Cc1cccc(B2OCc3cc(Cl)ccc32)c1. The molecule has 0 saturated heterocycles. The fourth-order valence-electron chi connectivity index (χ4n) is 2.27. The van der Waals surface area contributed by atoms with Gasteiger partial charge in [-0.3, -0.25) is 0 Å². The number of rotatable bonds is 1. The molecule has 1 heterocycles. The molecule has 0 amide bonds. The van der Waals surface area contributed by atoms with Crippen LogP contribution < -0.4 is 10.9 Å². The first-order valence-electron chi connectivity index (χ1n) is 5.68. The maximum atomic E-state index is 8.93. The van der Waals surface area contributed by atoms with E-state index in [2.05, 4.69) is 6.07 Å². The van der Waals surface area contributed by atoms with Gasteiger partial charge in [0.15, 0.2) is 0 Å². The molecule has 0 atom stereocenters.